The number of para-hydroxylation sites is 2. The van der Waals surface area contributed by atoms with Crippen LogP contribution in [0.3, 0.4) is 0 Å². The van der Waals surface area contributed by atoms with Gasteiger partial charge < -0.3 is 19.5 Å². The highest BCUT2D eigenvalue weighted by Crippen LogP contribution is 2.32. The van der Waals surface area contributed by atoms with Crippen LogP contribution in [0, 0.1) is 6.92 Å². The van der Waals surface area contributed by atoms with Crippen molar-refractivity contribution in [2.75, 3.05) is 43.1 Å². The van der Waals surface area contributed by atoms with Gasteiger partial charge >= 0.3 is 0 Å². The number of aryl methyl sites for hydroxylation is 1. The second kappa shape index (κ2) is 6.71. The fourth-order valence-electron chi connectivity index (χ4n) is 4.08. The number of fused-ring (bicyclic) bond motifs is 3. The highest BCUT2D eigenvalue weighted by molar-refractivity contribution is 6.08. The standard InChI is InChI=1S/C22H23N5O/c1-15-7-8-17-16(13-15)20-21(25-17)22(24-14-23-20)27-11-9-26(10-12-27)18-5-3-4-6-19(18)28-2/h3-8,13-14,25H,9-12H2,1-2H3. The zero-order chi connectivity index (χ0) is 19.1. The molecule has 0 saturated carbocycles. The van der Waals surface area contributed by atoms with Gasteiger partial charge in [0, 0.05) is 37.1 Å². The molecule has 1 saturated heterocycles. The lowest BCUT2D eigenvalue weighted by Crippen LogP contribution is -2.47. The van der Waals surface area contributed by atoms with Crippen LogP contribution >= 0.6 is 0 Å². The molecule has 28 heavy (non-hydrogen) atoms. The first-order chi connectivity index (χ1) is 13.7. The fraction of sp³-hybridized carbons (Fsp3) is 0.273. The molecule has 0 amide bonds. The number of anilines is 2. The van der Waals surface area contributed by atoms with E-state index >= 15 is 0 Å². The summed E-state index contributed by atoms with van der Waals surface area (Å²) in [6.07, 6.45) is 1.68. The summed E-state index contributed by atoms with van der Waals surface area (Å²) in [7, 11) is 1.73. The predicted molar refractivity (Wildman–Crippen MR) is 114 cm³/mol. The van der Waals surface area contributed by atoms with E-state index in [1.54, 1.807) is 13.4 Å². The number of hydrogen-bond acceptors (Lipinski definition) is 5. The molecule has 3 heterocycles. The van der Waals surface area contributed by atoms with E-state index in [2.05, 4.69) is 62.0 Å². The average molecular weight is 373 g/mol. The molecule has 2 aromatic carbocycles. The number of rotatable bonds is 3. The summed E-state index contributed by atoms with van der Waals surface area (Å²) in [6, 6.07) is 14.6. The van der Waals surface area contributed by atoms with Crippen LogP contribution in [0.1, 0.15) is 5.56 Å². The molecule has 0 unspecified atom stereocenters. The van der Waals surface area contributed by atoms with Gasteiger partial charge in [-0.1, -0.05) is 23.8 Å². The molecule has 6 nitrogen and oxygen atoms in total. The Morgan fingerprint density at radius 1 is 0.964 bits per heavy atom. The number of hydrogen-bond donors (Lipinski definition) is 1. The quantitative estimate of drug-likeness (QED) is 0.593. The topological polar surface area (TPSA) is 57.3 Å². The van der Waals surface area contributed by atoms with Gasteiger partial charge in [0.05, 0.1) is 12.8 Å². The monoisotopic (exact) mass is 373 g/mol. The summed E-state index contributed by atoms with van der Waals surface area (Å²) in [5.74, 6) is 1.91. The number of aromatic amines is 1. The Morgan fingerprint density at radius 2 is 1.75 bits per heavy atom. The number of nitrogens with zero attached hydrogens (tertiary/aromatic N) is 4. The lowest BCUT2D eigenvalue weighted by molar-refractivity contribution is 0.413. The van der Waals surface area contributed by atoms with Crippen LogP contribution in [-0.2, 0) is 0 Å². The van der Waals surface area contributed by atoms with E-state index in [-0.39, 0.29) is 0 Å². The van der Waals surface area contributed by atoms with E-state index in [9.17, 15) is 0 Å². The van der Waals surface area contributed by atoms with Gasteiger partial charge in [0.1, 0.15) is 23.1 Å². The van der Waals surface area contributed by atoms with Gasteiger partial charge in [0.15, 0.2) is 5.82 Å². The molecule has 1 aliphatic heterocycles. The Kier molecular flexibility index (Phi) is 4.04. The van der Waals surface area contributed by atoms with E-state index in [1.165, 1.54) is 5.56 Å². The Bertz CT molecular complexity index is 1140. The summed E-state index contributed by atoms with van der Waals surface area (Å²) in [6.45, 7) is 5.75. The first kappa shape index (κ1) is 16.9. The largest absolute Gasteiger partial charge is 0.495 e. The van der Waals surface area contributed by atoms with Crippen molar-refractivity contribution in [1.29, 1.82) is 0 Å². The minimum atomic E-state index is 0.901. The molecule has 2 aromatic heterocycles. The van der Waals surface area contributed by atoms with Crippen LogP contribution in [-0.4, -0.2) is 48.2 Å². The molecule has 1 fully saturated rings. The molecule has 0 bridgehead atoms. The molecule has 4 aromatic rings. The van der Waals surface area contributed by atoms with Crippen LogP contribution in [0.2, 0.25) is 0 Å². The van der Waals surface area contributed by atoms with Crippen molar-refractivity contribution >= 4 is 33.4 Å². The molecule has 142 valence electrons. The van der Waals surface area contributed by atoms with Crippen molar-refractivity contribution in [3.8, 4) is 5.75 Å². The molecular weight excluding hydrogens is 350 g/mol. The zero-order valence-electron chi connectivity index (χ0n) is 16.1. The highest BCUT2D eigenvalue weighted by Gasteiger charge is 2.23. The molecule has 1 N–H and O–H groups in total. The fourth-order valence-corrected chi connectivity index (χ4v) is 4.08. The summed E-state index contributed by atoms with van der Waals surface area (Å²) in [4.78, 5) is 17.4. The Balaban J connectivity index is 1.45. The van der Waals surface area contributed by atoms with Crippen molar-refractivity contribution in [3.63, 3.8) is 0 Å². The second-order valence-corrected chi connectivity index (χ2v) is 7.24. The third-order valence-corrected chi connectivity index (χ3v) is 5.52. The lowest BCUT2D eigenvalue weighted by atomic mass is 10.1. The normalized spacial score (nSPS) is 14.8. The number of benzene rings is 2. The second-order valence-electron chi connectivity index (χ2n) is 7.24. The molecule has 0 atom stereocenters. The number of ether oxygens (including phenoxy) is 1. The highest BCUT2D eigenvalue weighted by atomic mass is 16.5. The molecule has 1 aliphatic rings. The third kappa shape index (κ3) is 2.72. The minimum Gasteiger partial charge on any atom is -0.495 e. The van der Waals surface area contributed by atoms with Crippen LogP contribution in [0.25, 0.3) is 21.9 Å². The SMILES string of the molecule is COc1ccccc1N1CCN(c2ncnc3c2[nH]c2ccc(C)cc23)CC1. The van der Waals surface area contributed by atoms with Crippen molar-refractivity contribution in [1.82, 2.24) is 15.0 Å². The van der Waals surface area contributed by atoms with Gasteiger partial charge in [-0.25, -0.2) is 9.97 Å². The van der Waals surface area contributed by atoms with Crippen LogP contribution in [0.15, 0.2) is 48.8 Å². The van der Waals surface area contributed by atoms with Gasteiger partial charge in [0.25, 0.3) is 0 Å². The first-order valence-corrected chi connectivity index (χ1v) is 9.60. The molecule has 5 rings (SSSR count). The van der Waals surface area contributed by atoms with Crippen LogP contribution in [0.4, 0.5) is 11.5 Å². The van der Waals surface area contributed by atoms with Crippen molar-refractivity contribution < 1.29 is 4.74 Å². The van der Waals surface area contributed by atoms with E-state index in [1.807, 2.05) is 12.1 Å². The van der Waals surface area contributed by atoms with Crippen LogP contribution in [0.5, 0.6) is 5.75 Å². The van der Waals surface area contributed by atoms with Crippen molar-refractivity contribution in [3.05, 3.63) is 54.4 Å². The smallest absolute Gasteiger partial charge is 0.156 e. The molecule has 6 heteroatoms. The van der Waals surface area contributed by atoms with Gasteiger partial charge in [-0.05, 0) is 31.2 Å². The van der Waals surface area contributed by atoms with E-state index in [0.29, 0.717) is 0 Å². The Labute approximate surface area is 163 Å². The van der Waals surface area contributed by atoms with Crippen molar-refractivity contribution in [2.24, 2.45) is 0 Å². The van der Waals surface area contributed by atoms with Gasteiger partial charge in [-0.15, -0.1) is 0 Å². The van der Waals surface area contributed by atoms with Gasteiger partial charge in [-0.2, -0.15) is 0 Å². The predicted octanol–water partition coefficient (Wildman–Crippen LogP) is 3.75. The van der Waals surface area contributed by atoms with Crippen LogP contribution < -0.4 is 14.5 Å². The maximum absolute atomic E-state index is 5.53. The minimum absolute atomic E-state index is 0.901. The number of H-pyrrole nitrogens is 1. The summed E-state index contributed by atoms with van der Waals surface area (Å²) in [5.41, 5.74) is 5.51. The van der Waals surface area contributed by atoms with E-state index in [0.717, 1.165) is 65.4 Å². The Morgan fingerprint density at radius 3 is 2.57 bits per heavy atom. The van der Waals surface area contributed by atoms with E-state index < -0.39 is 0 Å². The number of piperazine rings is 1. The number of methoxy groups -OCH3 is 1. The molecule has 0 aliphatic carbocycles. The zero-order valence-corrected chi connectivity index (χ0v) is 16.1. The van der Waals surface area contributed by atoms with Gasteiger partial charge in [-0.3, -0.25) is 0 Å². The first-order valence-electron chi connectivity index (χ1n) is 9.60. The van der Waals surface area contributed by atoms with E-state index in [4.69, 9.17) is 4.74 Å². The van der Waals surface area contributed by atoms with Crippen molar-refractivity contribution in [2.45, 2.75) is 6.92 Å². The molecule has 0 spiro atoms. The summed E-state index contributed by atoms with van der Waals surface area (Å²) < 4.78 is 5.53. The lowest BCUT2D eigenvalue weighted by Gasteiger charge is -2.37. The average Bonchev–Trinajstić information content (AvgIpc) is 3.12. The number of aromatic nitrogens is 3. The summed E-state index contributed by atoms with van der Waals surface area (Å²) in [5, 5.41) is 1.16. The third-order valence-electron chi connectivity index (χ3n) is 5.52. The Hall–Kier alpha value is -3.28. The van der Waals surface area contributed by atoms with Gasteiger partial charge in [0.2, 0.25) is 0 Å². The maximum atomic E-state index is 5.53. The number of nitrogens with one attached hydrogen (secondary N) is 1. The molecular formula is C22H23N5O. The molecule has 0 radical (unpaired) electrons. The summed E-state index contributed by atoms with van der Waals surface area (Å²) >= 11 is 0. The maximum Gasteiger partial charge on any atom is 0.156 e.